The molecule has 3 heterocycles. The Morgan fingerprint density at radius 2 is 1.86 bits per heavy atom. The molecule has 0 aliphatic carbocycles. The molecule has 0 saturated carbocycles. The number of aromatic nitrogens is 3. The van der Waals surface area contributed by atoms with Crippen LogP contribution in [-0.2, 0) is 17.9 Å². The topological polar surface area (TPSA) is 96.6 Å². The number of nitrogens with zero attached hydrogens (tertiary/aromatic N) is 3. The van der Waals surface area contributed by atoms with E-state index in [2.05, 4.69) is 10.3 Å². The molecular formula is C27H22N4O5. The number of fused-ring (bicyclic) bond motifs is 4. The molecule has 0 bridgehead atoms. The molecule has 9 heteroatoms. The number of para-hydroxylation sites is 1. The van der Waals surface area contributed by atoms with Crippen LogP contribution in [0.1, 0.15) is 5.56 Å². The highest BCUT2D eigenvalue weighted by molar-refractivity contribution is 6.06. The van der Waals surface area contributed by atoms with Crippen LogP contribution in [0.15, 0.2) is 77.9 Å². The fraction of sp³-hybridized carbons (Fsp3) is 0.148. The Morgan fingerprint density at radius 3 is 2.69 bits per heavy atom. The second-order valence-electron chi connectivity index (χ2n) is 8.44. The van der Waals surface area contributed by atoms with Crippen LogP contribution < -0.4 is 25.1 Å². The van der Waals surface area contributed by atoms with Gasteiger partial charge in [-0.25, -0.2) is 4.98 Å². The molecule has 0 saturated heterocycles. The molecule has 1 N–H and O–H groups in total. The van der Waals surface area contributed by atoms with Gasteiger partial charge in [0.1, 0.15) is 23.3 Å². The van der Waals surface area contributed by atoms with Crippen LogP contribution in [0, 0.1) is 0 Å². The number of amides is 1. The Kier molecular flexibility index (Phi) is 5.29. The first-order valence-corrected chi connectivity index (χ1v) is 11.4. The zero-order chi connectivity index (χ0) is 24.6. The summed E-state index contributed by atoms with van der Waals surface area (Å²) in [6.45, 7) is 0.447. The largest absolute Gasteiger partial charge is 0.497 e. The molecule has 0 atom stereocenters. The summed E-state index contributed by atoms with van der Waals surface area (Å²) < 4.78 is 19.2. The van der Waals surface area contributed by atoms with Crippen molar-refractivity contribution in [2.24, 2.45) is 0 Å². The Bertz CT molecular complexity index is 1670. The summed E-state index contributed by atoms with van der Waals surface area (Å²) in [7, 11) is 1.61. The van der Waals surface area contributed by atoms with E-state index in [4.69, 9.17) is 14.2 Å². The minimum atomic E-state index is -0.276. The number of rotatable bonds is 6. The van der Waals surface area contributed by atoms with E-state index in [1.165, 1.54) is 0 Å². The lowest BCUT2D eigenvalue weighted by atomic mass is 10.2. The summed E-state index contributed by atoms with van der Waals surface area (Å²) in [6.07, 6.45) is 1.55. The smallest absolute Gasteiger partial charge is 0.278 e. The van der Waals surface area contributed by atoms with Crippen LogP contribution in [0.2, 0.25) is 0 Å². The van der Waals surface area contributed by atoms with Gasteiger partial charge in [0, 0.05) is 17.1 Å². The summed E-state index contributed by atoms with van der Waals surface area (Å²) in [5.74, 6) is 1.68. The van der Waals surface area contributed by atoms with Crippen molar-refractivity contribution in [3.63, 3.8) is 0 Å². The van der Waals surface area contributed by atoms with E-state index in [0.29, 0.717) is 34.8 Å². The van der Waals surface area contributed by atoms with Gasteiger partial charge in [0.05, 0.1) is 25.5 Å². The molecule has 36 heavy (non-hydrogen) atoms. The lowest BCUT2D eigenvalue weighted by Crippen LogP contribution is -2.25. The van der Waals surface area contributed by atoms with E-state index in [-0.39, 0.29) is 24.8 Å². The normalized spacial score (nSPS) is 12.2. The number of benzene rings is 3. The zero-order valence-electron chi connectivity index (χ0n) is 19.4. The highest BCUT2D eigenvalue weighted by Crippen LogP contribution is 2.34. The molecule has 0 spiro atoms. The average Bonchev–Trinajstić information content (AvgIpc) is 3.49. The molecule has 2 aromatic heterocycles. The van der Waals surface area contributed by atoms with E-state index in [1.54, 1.807) is 40.8 Å². The Labute approximate surface area is 205 Å². The van der Waals surface area contributed by atoms with Gasteiger partial charge in [-0.3, -0.25) is 14.2 Å². The highest BCUT2D eigenvalue weighted by Gasteiger charge is 2.19. The standard InChI is InChI=1S/C27H22N4O5/c1-34-19-9-6-17(7-10-19)13-30-15-28-25-20-4-2-3-5-21(20)31(26(25)27(30)33)14-24(32)29-18-8-11-22-23(12-18)36-16-35-22/h2-12,15H,13-14,16H2,1H3,(H,29,32). The lowest BCUT2D eigenvalue weighted by Gasteiger charge is -2.10. The van der Waals surface area contributed by atoms with E-state index in [9.17, 15) is 9.59 Å². The number of methoxy groups -OCH3 is 1. The number of ether oxygens (including phenoxy) is 3. The lowest BCUT2D eigenvalue weighted by molar-refractivity contribution is -0.116. The molecule has 0 fully saturated rings. The summed E-state index contributed by atoms with van der Waals surface area (Å²) in [6, 6.07) is 20.3. The van der Waals surface area contributed by atoms with Gasteiger partial charge < -0.3 is 24.1 Å². The van der Waals surface area contributed by atoms with E-state index in [0.717, 1.165) is 22.2 Å². The van der Waals surface area contributed by atoms with Gasteiger partial charge in [-0.15, -0.1) is 0 Å². The molecule has 6 rings (SSSR count). The van der Waals surface area contributed by atoms with Gasteiger partial charge in [0.25, 0.3) is 5.56 Å². The van der Waals surface area contributed by atoms with Gasteiger partial charge in [-0.05, 0) is 35.9 Å². The maximum Gasteiger partial charge on any atom is 0.278 e. The van der Waals surface area contributed by atoms with Crippen LogP contribution in [0.25, 0.3) is 21.9 Å². The van der Waals surface area contributed by atoms with Crippen LogP contribution in [0.4, 0.5) is 5.69 Å². The quantitative estimate of drug-likeness (QED) is 0.396. The summed E-state index contributed by atoms with van der Waals surface area (Å²) in [5.41, 5.74) is 3.01. The number of carbonyl (C=O) groups excluding carboxylic acids is 1. The fourth-order valence-electron chi connectivity index (χ4n) is 4.47. The minimum absolute atomic E-state index is 0.0536. The minimum Gasteiger partial charge on any atom is -0.497 e. The van der Waals surface area contributed by atoms with E-state index >= 15 is 0 Å². The number of carbonyl (C=O) groups is 1. The third-order valence-electron chi connectivity index (χ3n) is 6.20. The molecular weight excluding hydrogens is 460 g/mol. The van der Waals surface area contributed by atoms with Gasteiger partial charge in [-0.2, -0.15) is 0 Å². The van der Waals surface area contributed by atoms with Crippen LogP contribution in [0.3, 0.4) is 0 Å². The molecule has 3 aromatic carbocycles. The van der Waals surface area contributed by atoms with Crippen molar-refractivity contribution >= 4 is 33.5 Å². The molecule has 0 radical (unpaired) electrons. The van der Waals surface area contributed by atoms with Crippen molar-refractivity contribution in [1.82, 2.24) is 14.1 Å². The second kappa shape index (κ2) is 8.77. The molecule has 9 nitrogen and oxygen atoms in total. The Morgan fingerprint density at radius 1 is 1.06 bits per heavy atom. The molecule has 1 aliphatic rings. The van der Waals surface area contributed by atoms with Gasteiger partial charge >= 0.3 is 0 Å². The summed E-state index contributed by atoms with van der Waals surface area (Å²) >= 11 is 0. The first kappa shape index (κ1) is 21.7. The summed E-state index contributed by atoms with van der Waals surface area (Å²) in [4.78, 5) is 31.3. The molecule has 1 amide bonds. The maximum atomic E-state index is 13.6. The number of hydrogen-bond acceptors (Lipinski definition) is 6. The third kappa shape index (κ3) is 3.80. The Balaban J connectivity index is 1.36. The van der Waals surface area contributed by atoms with Crippen molar-refractivity contribution < 1.29 is 19.0 Å². The molecule has 1 aliphatic heterocycles. The molecule has 5 aromatic rings. The van der Waals surface area contributed by atoms with Gasteiger partial charge in [0.15, 0.2) is 11.5 Å². The number of anilines is 1. The van der Waals surface area contributed by atoms with Crippen molar-refractivity contribution in [2.75, 3.05) is 19.2 Å². The number of hydrogen-bond donors (Lipinski definition) is 1. The van der Waals surface area contributed by atoms with Crippen LogP contribution >= 0.6 is 0 Å². The molecule has 0 unspecified atom stereocenters. The van der Waals surface area contributed by atoms with Crippen molar-refractivity contribution in [3.8, 4) is 17.2 Å². The second-order valence-corrected chi connectivity index (χ2v) is 8.44. The predicted octanol–water partition coefficient (Wildman–Crippen LogP) is 3.78. The molecule has 180 valence electrons. The monoisotopic (exact) mass is 482 g/mol. The van der Waals surface area contributed by atoms with Crippen molar-refractivity contribution in [2.45, 2.75) is 13.1 Å². The van der Waals surface area contributed by atoms with Crippen LogP contribution in [0.5, 0.6) is 17.2 Å². The first-order valence-electron chi connectivity index (χ1n) is 11.4. The van der Waals surface area contributed by atoms with Crippen molar-refractivity contribution in [1.29, 1.82) is 0 Å². The first-order chi connectivity index (χ1) is 17.6. The number of nitrogens with one attached hydrogen (secondary N) is 1. The Hall–Kier alpha value is -4.79. The average molecular weight is 482 g/mol. The van der Waals surface area contributed by atoms with E-state index in [1.807, 2.05) is 48.5 Å². The van der Waals surface area contributed by atoms with Gasteiger partial charge in [-0.1, -0.05) is 30.3 Å². The van der Waals surface area contributed by atoms with Gasteiger partial charge in [0.2, 0.25) is 12.7 Å². The highest BCUT2D eigenvalue weighted by atomic mass is 16.7. The predicted molar refractivity (Wildman–Crippen MR) is 135 cm³/mol. The third-order valence-corrected chi connectivity index (χ3v) is 6.20. The zero-order valence-corrected chi connectivity index (χ0v) is 19.4. The SMILES string of the molecule is COc1ccc(Cn2cnc3c4ccccc4n(CC(=O)Nc4ccc5c(c4)OCO5)c3c2=O)cc1. The fourth-order valence-corrected chi connectivity index (χ4v) is 4.47. The maximum absolute atomic E-state index is 13.6. The van der Waals surface area contributed by atoms with E-state index < -0.39 is 0 Å². The van der Waals surface area contributed by atoms with Crippen LogP contribution in [-0.4, -0.2) is 33.9 Å². The summed E-state index contributed by atoms with van der Waals surface area (Å²) in [5, 5.41) is 3.70. The van der Waals surface area contributed by atoms with Crippen molar-refractivity contribution in [3.05, 3.63) is 89.0 Å².